The number of hydrogen-bond donors (Lipinski definition) is 0. The number of rotatable bonds is 1. The minimum absolute atomic E-state index is 0.0233. The van der Waals surface area contributed by atoms with Crippen LogP contribution < -0.4 is 0 Å². The Hall–Kier alpha value is 0.270. The van der Waals surface area contributed by atoms with E-state index in [1.807, 2.05) is 0 Å². The van der Waals surface area contributed by atoms with Crippen molar-refractivity contribution in [1.82, 2.24) is 0 Å². The van der Waals surface area contributed by atoms with Gasteiger partial charge in [-0.1, -0.05) is 15.9 Å². The lowest BCUT2D eigenvalue weighted by molar-refractivity contribution is -0.356. The van der Waals surface area contributed by atoms with Crippen molar-refractivity contribution in [3.63, 3.8) is 0 Å². The summed E-state index contributed by atoms with van der Waals surface area (Å²) in [6, 6.07) is 0. The molecule has 3 fully saturated rings. The van der Waals surface area contributed by atoms with E-state index in [0.29, 0.717) is 19.3 Å². The Balaban J connectivity index is 2.04. The maximum Gasteiger partial charge on any atom is 0.394 e. The molecule has 3 aliphatic rings. The SMILES string of the molecule is FC(F)(F)C12CC(CBr)(C1)C2. The Morgan fingerprint density at radius 3 is 1.91 bits per heavy atom. The Morgan fingerprint density at radius 2 is 1.64 bits per heavy atom. The monoisotopic (exact) mass is 228 g/mol. The second-order valence-electron chi connectivity index (χ2n) is 3.94. The standard InChI is InChI=1S/C7H8BrF3/c8-4-5-1-6(2-5,3-5)7(9,10)11/h1-4H2. The van der Waals surface area contributed by atoms with E-state index in [1.54, 1.807) is 0 Å². The molecule has 2 bridgehead atoms. The summed E-state index contributed by atoms with van der Waals surface area (Å²) in [5.41, 5.74) is -1.24. The lowest BCUT2D eigenvalue weighted by Crippen LogP contribution is -2.68. The van der Waals surface area contributed by atoms with Crippen LogP contribution in [0.1, 0.15) is 19.3 Å². The zero-order valence-electron chi connectivity index (χ0n) is 5.84. The second-order valence-corrected chi connectivity index (χ2v) is 4.50. The van der Waals surface area contributed by atoms with Gasteiger partial charge in [0.15, 0.2) is 0 Å². The highest BCUT2D eigenvalue weighted by atomic mass is 79.9. The molecule has 0 aromatic rings. The highest BCUT2D eigenvalue weighted by Gasteiger charge is 2.77. The van der Waals surface area contributed by atoms with Crippen LogP contribution in [0, 0.1) is 10.8 Å². The summed E-state index contributed by atoms with van der Waals surface area (Å²) in [6.07, 6.45) is -2.88. The van der Waals surface area contributed by atoms with Gasteiger partial charge in [-0.05, 0) is 24.7 Å². The third-order valence-corrected chi connectivity index (χ3v) is 4.21. The lowest BCUT2D eigenvalue weighted by atomic mass is 9.35. The molecule has 0 nitrogen and oxygen atoms in total. The fourth-order valence-corrected chi connectivity index (χ4v) is 3.04. The van der Waals surface area contributed by atoms with Crippen LogP contribution in [0.15, 0.2) is 0 Å². The molecule has 0 aromatic heterocycles. The van der Waals surface area contributed by atoms with Gasteiger partial charge in [0.1, 0.15) is 0 Å². The molecule has 0 aromatic carbocycles. The maximum absolute atomic E-state index is 12.2. The van der Waals surface area contributed by atoms with Crippen LogP contribution >= 0.6 is 15.9 Å². The molecule has 3 aliphatic carbocycles. The van der Waals surface area contributed by atoms with Crippen molar-refractivity contribution in [3.8, 4) is 0 Å². The maximum atomic E-state index is 12.2. The van der Waals surface area contributed by atoms with E-state index in [1.165, 1.54) is 0 Å². The predicted molar refractivity (Wildman–Crippen MR) is 38.6 cm³/mol. The van der Waals surface area contributed by atoms with Crippen molar-refractivity contribution in [2.24, 2.45) is 10.8 Å². The molecule has 0 unspecified atom stereocenters. The molecule has 4 heteroatoms. The third kappa shape index (κ3) is 0.767. The first-order chi connectivity index (χ1) is 4.93. The largest absolute Gasteiger partial charge is 0.394 e. The van der Waals surface area contributed by atoms with Gasteiger partial charge in [0, 0.05) is 5.33 Å². The molecule has 3 rings (SSSR count). The molecule has 0 atom stereocenters. The zero-order valence-corrected chi connectivity index (χ0v) is 7.43. The number of halogens is 4. The quantitative estimate of drug-likeness (QED) is 0.606. The zero-order chi connectivity index (χ0) is 8.33. The topological polar surface area (TPSA) is 0 Å². The summed E-state index contributed by atoms with van der Waals surface area (Å²) in [5, 5.41) is 0.734. The fraction of sp³-hybridized carbons (Fsp3) is 1.00. The Morgan fingerprint density at radius 1 is 1.18 bits per heavy atom. The van der Waals surface area contributed by atoms with Crippen LogP contribution in [0.5, 0.6) is 0 Å². The molecule has 11 heavy (non-hydrogen) atoms. The molecule has 3 saturated carbocycles. The molecule has 0 saturated heterocycles. The molecule has 0 N–H and O–H groups in total. The van der Waals surface area contributed by atoms with Gasteiger partial charge in [0.05, 0.1) is 5.41 Å². The van der Waals surface area contributed by atoms with Crippen molar-refractivity contribution in [1.29, 1.82) is 0 Å². The van der Waals surface area contributed by atoms with Gasteiger partial charge in [-0.25, -0.2) is 0 Å². The van der Waals surface area contributed by atoms with Gasteiger partial charge in [-0.15, -0.1) is 0 Å². The average molecular weight is 229 g/mol. The Kier molecular flexibility index (Phi) is 1.28. The molecule has 0 spiro atoms. The Bertz CT molecular complexity index is 177. The molecule has 64 valence electrons. The van der Waals surface area contributed by atoms with E-state index < -0.39 is 11.6 Å². The highest BCUT2D eigenvalue weighted by molar-refractivity contribution is 9.09. The molecular weight excluding hydrogens is 221 g/mol. The van der Waals surface area contributed by atoms with Crippen LogP contribution in [0.4, 0.5) is 13.2 Å². The molecule has 0 heterocycles. The van der Waals surface area contributed by atoms with Gasteiger partial charge in [-0.2, -0.15) is 13.2 Å². The van der Waals surface area contributed by atoms with Crippen molar-refractivity contribution in [2.45, 2.75) is 25.4 Å². The summed E-state index contributed by atoms with van der Waals surface area (Å²) in [4.78, 5) is 0. The first-order valence-corrected chi connectivity index (χ1v) is 4.68. The highest BCUT2D eigenvalue weighted by Crippen LogP contribution is 2.78. The predicted octanol–water partition coefficient (Wildman–Crippen LogP) is 3.11. The van der Waals surface area contributed by atoms with Crippen LogP contribution in [-0.4, -0.2) is 11.5 Å². The number of alkyl halides is 4. The summed E-state index contributed by atoms with van der Waals surface area (Å²) < 4.78 is 36.6. The second kappa shape index (κ2) is 1.78. The van der Waals surface area contributed by atoms with Gasteiger partial charge in [0.2, 0.25) is 0 Å². The van der Waals surface area contributed by atoms with Gasteiger partial charge < -0.3 is 0 Å². The van der Waals surface area contributed by atoms with Crippen LogP contribution in [0.25, 0.3) is 0 Å². The van der Waals surface area contributed by atoms with Crippen molar-refractivity contribution < 1.29 is 13.2 Å². The van der Waals surface area contributed by atoms with Crippen molar-refractivity contribution in [2.75, 3.05) is 5.33 Å². The van der Waals surface area contributed by atoms with Crippen molar-refractivity contribution in [3.05, 3.63) is 0 Å². The van der Waals surface area contributed by atoms with Gasteiger partial charge in [-0.3, -0.25) is 0 Å². The van der Waals surface area contributed by atoms with E-state index in [-0.39, 0.29) is 5.41 Å². The first-order valence-electron chi connectivity index (χ1n) is 3.56. The van der Waals surface area contributed by atoms with E-state index in [0.717, 1.165) is 5.33 Å². The summed E-state index contributed by atoms with van der Waals surface area (Å²) in [5.74, 6) is 0. The van der Waals surface area contributed by atoms with Crippen LogP contribution in [0.2, 0.25) is 0 Å². The van der Waals surface area contributed by atoms with E-state index >= 15 is 0 Å². The number of hydrogen-bond acceptors (Lipinski definition) is 0. The lowest BCUT2D eigenvalue weighted by Gasteiger charge is -2.70. The minimum atomic E-state index is -3.95. The average Bonchev–Trinajstić information content (AvgIpc) is 1.53. The van der Waals surface area contributed by atoms with Crippen LogP contribution in [-0.2, 0) is 0 Å². The summed E-state index contributed by atoms with van der Waals surface area (Å²) in [6.45, 7) is 0. The Labute approximate surface area is 71.3 Å². The molecule has 0 amide bonds. The minimum Gasteiger partial charge on any atom is -0.171 e. The molecule has 0 radical (unpaired) electrons. The van der Waals surface area contributed by atoms with E-state index in [4.69, 9.17) is 0 Å². The summed E-state index contributed by atoms with van der Waals surface area (Å²) in [7, 11) is 0. The fourth-order valence-electron chi connectivity index (χ4n) is 2.44. The first kappa shape index (κ1) is 7.90. The third-order valence-electron chi connectivity index (χ3n) is 3.02. The smallest absolute Gasteiger partial charge is 0.171 e. The van der Waals surface area contributed by atoms with Gasteiger partial charge >= 0.3 is 6.18 Å². The van der Waals surface area contributed by atoms with E-state index in [9.17, 15) is 13.2 Å². The van der Waals surface area contributed by atoms with E-state index in [2.05, 4.69) is 15.9 Å². The van der Waals surface area contributed by atoms with Crippen LogP contribution in [0.3, 0.4) is 0 Å². The normalized spacial score (nSPS) is 48.0. The molecule has 0 aliphatic heterocycles. The van der Waals surface area contributed by atoms with Crippen molar-refractivity contribution >= 4 is 15.9 Å². The summed E-state index contributed by atoms with van der Waals surface area (Å²) >= 11 is 3.24. The van der Waals surface area contributed by atoms with Gasteiger partial charge in [0.25, 0.3) is 0 Å². The molecular formula is C7H8BrF3.